The van der Waals surface area contributed by atoms with Gasteiger partial charge in [-0.3, -0.25) is 4.79 Å². The zero-order valence-electron chi connectivity index (χ0n) is 9.36. The lowest BCUT2D eigenvalue weighted by Crippen LogP contribution is -2.29. The minimum Gasteiger partial charge on any atom is -0.295 e. The Morgan fingerprint density at radius 3 is 2.86 bits per heavy atom. The Hall–Kier alpha value is -0.850. The summed E-state index contributed by atoms with van der Waals surface area (Å²) < 4.78 is 0. The zero-order chi connectivity index (χ0) is 10.6. The van der Waals surface area contributed by atoms with Crippen molar-refractivity contribution in [3.05, 3.63) is 24.3 Å². The van der Waals surface area contributed by atoms with E-state index in [0.29, 0.717) is 17.6 Å². The van der Waals surface area contributed by atoms with Crippen molar-refractivity contribution in [1.29, 1.82) is 0 Å². The molecule has 0 fully saturated rings. The summed E-state index contributed by atoms with van der Waals surface area (Å²) in [5, 5.41) is 0. The standard InChI is InChI=1S/C13H20O/c1-4-7-12(14)13-10(3)8-6-9-11(13)5-2/h4,6-8,10-11,13H,5,9H2,1-3H3/b7-4+/t10-,11-,13-/m0/s1. The van der Waals surface area contributed by atoms with Crippen LogP contribution in [0.25, 0.3) is 0 Å². The molecule has 0 saturated carbocycles. The molecular formula is C13H20O. The maximum absolute atomic E-state index is 11.9. The fraction of sp³-hybridized carbons (Fsp3) is 0.615. The molecule has 0 aromatic heterocycles. The van der Waals surface area contributed by atoms with Gasteiger partial charge in [-0.1, -0.05) is 38.5 Å². The van der Waals surface area contributed by atoms with Gasteiger partial charge in [-0.15, -0.1) is 0 Å². The van der Waals surface area contributed by atoms with E-state index in [9.17, 15) is 4.79 Å². The van der Waals surface area contributed by atoms with Crippen LogP contribution in [0.5, 0.6) is 0 Å². The molecule has 1 heteroatoms. The first kappa shape index (κ1) is 11.2. The fourth-order valence-corrected chi connectivity index (χ4v) is 2.35. The highest BCUT2D eigenvalue weighted by Crippen LogP contribution is 2.33. The summed E-state index contributed by atoms with van der Waals surface area (Å²) in [6, 6.07) is 0. The lowest BCUT2D eigenvalue weighted by molar-refractivity contribution is -0.121. The van der Waals surface area contributed by atoms with E-state index < -0.39 is 0 Å². The van der Waals surface area contributed by atoms with Gasteiger partial charge in [-0.05, 0) is 31.3 Å². The van der Waals surface area contributed by atoms with Crippen LogP contribution in [0.2, 0.25) is 0 Å². The number of ketones is 1. The van der Waals surface area contributed by atoms with Crippen molar-refractivity contribution in [2.24, 2.45) is 17.8 Å². The van der Waals surface area contributed by atoms with Gasteiger partial charge in [0.15, 0.2) is 5.78 Å². The summed E-state index contributed by atoms with van der Waals surface area (Å²) in [6.07, 6.45) is 10.1. The van der Waals surface area contributed by atoms with Gasteiger partial charge in [0.25, 0.3) is 0 Å². The Kier molecular flexibility index (Phi) is 4.12. The van der Waals surface area contributed by atoms with Gasteiger partial charge < -0.3 is 0 Å². The van der Waals surface area contributed by atoms with Gasteiger partial charge in [0.2, 0.25) is 0 Å². The normalized spacial score (nSPS) is 32.4. The molecule has 0 aromatic carbocycles. The van der Waals surface area contributed by atoms with Crippen molar-refractivity contribution in [1.82, 2.24) is 0 Å². The van der Waals surface area contributed by atoms with Crippen LogP contribution < -0.4 is 0 Å². The van der Waals surface area contributed by atoms with Crippen molar-refractivity contribution >= 4 is 5.78 Å². The van der Waals surface area contributed by atoms with Crippen LogP contribution in [0.15, 0.2) is 24.3 Å². The smallest absolute Gasteiger partial charge is 0.159 e. The van der Waals surface area contributed by atoms with E-state index in [4.69, 9.17) is 0 Å². The third-order valence-corrected chi connectivity index (χ3v) is 3.14. The quantitative estimate of drug-likeness (QED) is 0.495. The van der Waals surface area contributed by atoms with E-state index in [1.807, 2.05) is 13.0 Å². The Bertz CT molecular complexity index is 250. The molecule has 0 radical (unpaired) electrons. The number of carbonyl (C=O) groups is 1. The third kappa shape index (κ3) is 2.34. The van der Waals surface area contributed by atoms with Gasteiger partial charge in [0, 0.05) is 5.92 Å². The summed E-state index contributed by atoms with van der Waals surface area (Å²) in [5.41, 5.74) is 0. The molecule has 0 aromatic rings. The van der Waals surface area contributed by atoms with Crippen LogP contribution in [-0.4, -0.2) is 5.78 Å². The van der Waals surface area contributed by atoms with Crippen LogP contribution in [-0.2, 0) is 4.79 Å². The van der Waals surface area contributed by atoms with Crippen molar-refractivity contribution in [2.75, 3.05) is 0 Å². The molecule has 0 heterocycles. The van der Waals surface area contributed by atoms with E-state index in [1.165, 1.54) is 0 Å². The van der Waals surface area contributed by atoms with E-state index in [-0.39, 0.29) is 5.92 Å². The second-order valence-corrected chi connectivity index (χ2v) is 4.12. The van der Waals surface area contributed by atoms with Gasteiger partial charge in [-0.25, -0.2) is 0 Å². The molecule has 1 rings (SSSR count). The second-order valence-electron chi connectivity index (χ2n) is 4.12. The Balaban J connectivity index is 2.80. The van der Waals surface area contributed by atoms with Gasteiger partial charge >= 0.3 is 0 Å². The molecular weight excluding hydrogens is 172 g/mol. The van der Waals surface area contributed by atoms with Gasteiger partial charge in [0.05, 0.1) is 0 Å². The van der Waals surface area contributed by atoms with Crippen molar-refractivity contribution in [2.45, 2.75) is 33.6 Å². The minimum absolute atomic E-state index is 0.209. The summed E-state index contributed by atoms with van der Waals surface area (Å²) in [4.78, 5) is 11.9. The van der Waals surface area contributed by atoms with E-state index >= 15 is 0 Å². The Morgan fingerprint density at radius 2 is 2.29 bits per heavy atom. The molecule has 78 valence electrons. The molecule has 3 atom stereocenters. The van der Waals surface area contributed by atoms with Gasteiger partial charge in [0.1, 0.15) is 0 Å². The number of rotatable bonds is 3. The molecule has 1 aliphatic rings. The average molecular weight is 192 g/mol. The summed E-state index contributed by atoms with van der Waals surface area (Å²) in [6.45, 7) is 6.22. The zero-order valence-corrected chi connectivity index (χ0v) is 9.36. The third-order valence-electron chi connectivity index (χ3n) is 3.14. The first-order valence-corrected chi connectivity index (χ1v) is 5.53. The molecule has 0 aliphatic heterocycles. The maximum atomic E-state index is 11.9. The van der Waals surface area contributed by atoms with Crippen LogP contribution in [0.1, 0.15) is 33.6 Å². The first-order valence-electron chi connectivity index (χ1n) is 5.53. The van der Waals surface area contributed by atoms with Crippen molar-refractivity contribution in [3.8, 4) is 0 Å². The molecule has 0 N–H and O–H groups in total. The molecule has 0 spiro atoms. The summed E-state index contributed by atoms with van der Waals surface area (Å²) >= 11 is 0. The minimum atomic E-state index is 0.209. The second kappa shape index (κ2) is 5.14. The SMILES string of the molecule is C/C=C/C(=O)[C@@H]1[C@@H](CC)CC=C[C@@H]1C. The molecule has 0 saturated heterocycles. The van der Waals surface area contributed by atoms with Crippen LogP contribution in [0.4, 0.5) is 0 Å². The molecule has 1 nitrogen and oxygen atoms in total. The lowest BCUT2D eigenvalue weighted by atomic mass is 9.73. The fourth-order valence-electron chi connectivity index (χ4n) is 2.35. The van der Waals surface area contributed by atoms with E-state index in [1.54, 1.807) is 6.08 Å². The number of carbonyl (C=O) groups excluding carboxylic acids is 1. The maximum Gasteiger partial charge on any atom is 0.159 e. The predicted octanol–water partition coefficient (Wildman–Crippen LogP) is 3.37. The van der Waals surface area contributed by atoms with Crippen LogP contribution in [0.3, 0.4) is 0 Å². The summed E-state index contributed by atoms with van der Waals surface area (Å²) in [5.74, 6) is 1.45. The number of hydrogen-bond donors (Lipinski definition) is 0. The summed E-state index contributed by atoms with van der Waals surface area (Å²) in [7, 11) is 0. The molecule has 1 aliphatic carbocycles. The lowest BCUT2D eigenvalue weighted by Gasteiger charge is -2.30. The van der Waals surface area contributed by atoms with E-state index in [0.717, 1.165) is 12.8 Å². The van der Waals surface area contributed by atoms with Crippen LogP contribution in [0, 0.1) is 17.8 Å². The van der Waals surface area contributed by atoms with Crippen LogP contribution >= 0.6 is 0 Å². The van der Waals surface area contributed by atoms with Crippen molar-refractivity contribution < 1.29 is 4.79 Å². The Labute approximate surface area is 86.9 Å². The highest BCUT2D eigenvalue weighted by Gasteiger charge is 2.30. The highest BCUT2D eigenvalue weighted by molar-refractivity contribution is 5.92. The monoisotopic (exact) mass is 192 g/mol. The molecule has 14 heavy (non-hydrogen) atoms. The number of allylic oxidation sites excluding steroid dienone is 4. The molecule has 0 amide bonds. The largest absolute Gasteiger partial charge is 0.295 e. The first-order chi connectivity index (χ1) is 6.70. The predicted molar refractivity (Wildman–Crippen MR) is 60.0 cm³/mol. The van der Waals surface area contributed by atoms with Crippen molar-refractivity contribution in [3.63, 3.8) is 0 Å². The molecule has 0 unspecified atom stereocenters. The highest BCUT2D eigenvalue weighted by atomic mass is 16.1. The topological polar surface area (TPSA) is 17.1 Å². The molecule has 0 bridgehead atoms. The van der Waals surface area contributed by atoms with Gasteiger partial charge in [-0.2, -0.15) is 0 Å². The average Bonchev–Trinajstić information content (AvgIpc) is 2.17. The van der Waals surface area contributed by atoms with E-state index in [2.05, 4.69) is 26.0 Å². The number of hydrogen-bond acceptors (Lipinski definition) is 1. The Morgan fingerprint density at radius 1 is 1.57 bits per heavy atom.